The highest BCUT2D eigenvalue weighted by atomic mass is 16.5. The zero-order valence-electron chi connectivity index (χ0n) is 16.5. The summed E-state index contributed by atoms with van der Waals surface area (Å²) in [6.07, 6.45) is 7.12. The molecule has 2 aliphatic heterocycles. The average molecular weight is 398 g/mol. The fourth-order valence-electron chi connectivity index (χ4n) is 4.86. The van der Waals surface area contributed by atoms with Gasteiger partial charge in [-0.3, -0.25) is 19.3 Å². The summed E-state index contributed by atoms with van der Waals surface area (Å²) >= 11 is 0. The van der Waals surface area contributed by atoms with Crippen LogP contribution < -0.4 is 4.90 Å². The predicted molar refractivity (Wildman–Crippen MR) is 105 cm³/mol. The van der Waals surface area contributed by atoms with Crippen LogP contribution in [0, 0.1) is 5.92 Å². The maximum absolute atomic E-state index is 12.7. The summed E-state index contributed by atoms with van der Waals surface area (Å²) in [6.45, 7) is 0.445. The molecule has 4 rings (SSSR count). The topological polar surface area (TPSA) is 84.0 Å². The molecule has 154 valence electrons. The van der Waals surface area contributed by atoms with Gasteiger partial charge in [-0.25, -0.2) is 4.79 Å². The number of ether oxygens (including phenoxy) is 1. The number of hydrogen-bond acceptors (Lipinski definition) is 5. The molecule has 1 saturated carbocycles. The third kappa shape index (κ3) is 4.04. The number of amides is 3. The van der Waals surface area contributed by atoms with Crippen molar-refractivity contribution in [2.75, 3.05) is 18.1 Å². The zero-order chi connectivity index (χ0) is 20.4. The molecule has 0 radical (unpaired) electrons. The predicted octanol–water partition coefficient (Wildman–Crippen LogP) is 2.68. The molecule has 0 unspecified atom stereocenters. The highest BCUT2D eigenvalue weighted by Gasteiger charge is 2.36. The van der Waals surface area contributed by atoms with Gasteiger partial charge in [0.2, 0.25) is 11.8 Å². The molecular weight excluding hydrogens is 372 g/mol. The minimum atomic E-state index is -0.628. The zero-order valence-corrected chi connectivity index (χ0v) is 16.5. The number of hydrogen-bond donors (Lipinski definition) is 0. The van der Waals surface area contributed by atoms with E-state index in [0.29, 0.717) is 11.6 Å². The molecule has 1 aliphatic carbocycles. The highest BCUT2D eigenvalue weighted by Crippen LogP contribution is 2.35. The van der Waals surface area contributed by atoms with Gasteiger partial charge in [-0.2, -0.15) is 0 Å². The van der Waals surface area contributed by atoms with Gasteiger partial charge in [-0.05, 0) is 49.8 Å². The number of nitrogens with zero attached hydrogens (tertiary/aromatic N) is 2. The Morgan fingerprint density at radius 1 is 1.00 bits per heavy atom. The van der Waals surface area contributed by atoms with Gasteiger partial charge in [0.05, 0.1) is 11.3 Å². The largest absolute Gasteiger partial charge is 0.452 e. The molecule has 29 heavy (non-hydrogen) atoms. The summed E-state index contributed by atoms with van der Waals surface area (Å²) in [5.74, 6) is -0.748. The SMILES string of the molecule is O=C(OCC(=O)N1CCC[C@@H]2CCCC[C@H]21)c1cccc(N2C(=O)CCC2=O)c1. The summed E-state index contributed by atoms with van der Waals surface area (Å²) in [5.41, 5.74) is 0.580. The van der Waals surface area contributed by atoms with Crippen LogP contribution in [0.2, 0.25) is 0 Å². The van der Waals surface area contributed by atoms with Crippen LogP contribution in [0.4, 0.5) is 5.69 Å². The number of esters is 1. The minimum Gasteiger partial charge on any atom is -0.452 e. The van der Waals surface area contributed by atoms with Crippen LogP contribution in [-0.2, 0) is 19.1 Å². The van der Waals surface area contributed by atoms with Crippen molar-refractivity contribution in [2.24, 2.45) is 5.92 Å². The fourth-order valence-corrected chi connectivity index (χ4v) is 4.86. The van der Waals surface area contributed by atoms with Crippen molar-refractivity contribution in [1.82, 2.24) is 4.90 Å². The lowest BCUT2D eigenvalue weighted by atomic mass is 9.78. The third-order valence-electron chi connectivity index (χ3n) is 6.28. The molecule has 3 aliphatic rings. The molecule has 0 bridgehead atoms. The van der Waals surface area contributed by atoms with E-state index >= 15 is 0 Å². The smallest absolute Gasteiger partial charge is 0.338 e. The van der Waals surface area contributed by atoms with Gasteiger partial charge >= 0.3 is 5.97 Å². The molecule has 0 N–H and O–H groups in total. The molecule has 7 heteroatoms. The molecule has 2 saturated heterocycles. The first kappa shape index (κ1) is 19.6. The number of piperidine rings is 1. The number of benzene rings is 1. The number of likely N-dealkylation sites (tertiary alicyclic amines) is 1. The van der Waals surface area contributed by atoms with Crippen molar-refractivity contribution < 1.29 is 23.9 Å². The van der Waals surface area contributed by atoms with E-state index in [0.717, 1.165) is 30.7 Å². The Morgan fingerprint density at radius 3 is 2.52 bits per heavy atom. The summed E-state index contributed by atoms with van der Waals surface area (Å²) in [5, 5.41) is 0. The third-order valence-corrected chi connectivity index (χ3v) is 6.28. The van der Waals surface area contributed by atoms with Crippen molar-refractivity contribution in [3.8, 4) is 0 Å². The Kier molecular flexibility index (Phi) is 5.65. The van der Waals surface area contributed by atoms with Crippen LogP contribution in [0.3, 0.4) is 0 Å². The number of fused-ring (bicyclic) bond motifs is 1. The Bertz CT molecular complexity index is 818. The maximum Gasteiger partial charge on any atom is 0.338 e. The van der Waals surface area contributed by atoms with E-state index in [9.17, 15) is 19.2 Å². The van der Waals surface area contributed by atoms with E-state index < -0.39 is 5.97 Å². The standard InChI is InChI=1S/C22H26N2O5/c25-19-10-11-20(26)24(19)17-8-3-6-16(13-17)22(28)29-14-21(27)23-12-4-7-15-5-1-2-9-18(15)23/h3,6,8,13,15,18H,1-2,4-5,7,9-12,14H2/t15-,18+/m0/s1. The quantitative estimate of drug-likeness (QED) is 0.575. The molecular formula is C22H26N2O5. The summed E-state index contributed by atoms with van der Waals surface area (Å²) in [7, 11) is 0. The molecule has 3 amide bonds. The minimum absolute atomic E-state index is 0.143. The monoisotopic (exact) mass is 398 g/mol. The number of carbonyl (C=O) groups is 4. The molecule has 2 atom stereocenters. The van der Waals surface area contributed by atoms with Gasteiger partial charge in [0.15, 0.2) is 6.61 Å². The molecule has 1 aromatic carbocycles. The second-order valence-corrected chi connectivity index (χ2v) is 8.09. The molecule has 0 spiro atoms. The lowest BCUT2D eigenvalue weighted by Gasteiger charge is -2.44. The highest BCUT2D eigenvalue weighted by molar-refractivity contribution is 6.20. The van der Waals surface area contributed by atoms with Gasteiger partial charge in [-0.15, -0.1) is 0 Å². The summed E-state index contributed by atoms with van der Waals surface area (Å²) < 4.78 is 5.28. The van der Waals surface area contributed by atoms with Crippen LogP contribution in [0.1, 0.15) is 61.7 Å². The van der Waals surface area contributed by atoms with E-state index in [1.165, 1.54) is 25.3 Å². The van der Waals surface area contributed by atoms with E-state index in [1.807, 2.05) is 4.90 Å². The first-order chi connectivity index (χ1) is 14.0. The Labute approximate surface area is 170 Å². The van der Waals surface area contributed by atoms with Gasteiger partial charge < -0.3 is 9.64 Å². The van der Waals surface area contributed by atoms with Crippen LogP contribution in [0.25, 0.3) is 0 Å². The number of carbonyl (C=O) groups excluding carboxylic acids is 4. The van der Waals surface area contributed by atoms with E-state index in [1.54, 1.807) is 18.2 Å². The van der Waals surface area contributed by atoms with E-state index in [-0.39, 0.29) is 48.8 Å². The van der Waals surface area contributed by atoms with Crippen molar-refractivity contribution in [2.45, 2.75) is 57.4 Å². The summed E-state index contributed by atoms with van der Waals surface area (Å²) in [4.78, 5) is 52.0. The Morgan fingerprint density at radius 2 is 1.72 bits per heavy atom. The normalized spacial score (nSPS) is 24.4. The van der Waals surface area contributed by atoms with Crippen LogP contribution >= 0.6 is 0 Å². The van der Waals surface area contributed by atoms with Crippen molar-refractivity contribution in [1.29, 1.82) is 0 Å². The number of anilines is 1. The first-order valence-corrected chi connectivity index (χ1v) is 10.5. The maximum atomic E-state index is 12.7. The van der Waals surface area contributed by atoms with Crippen LogP contribution in [-0.4, -0.2) is 47.8 Å². The Balaban J connectivity index is 1.38. The number of imide groups is 1. The fraction of sp³-hybridized carbons (Fsp3) is 0.545. The molecule has 2 heterocycles. The molecule has 1 aromatic rings. The average Bonchev–Trinajstić information content (AvgIpc) is 3.09. The molecule has 0 aromatic heterocycles. The lowest BCUT2D eigenvalue weighted by Crippen LogP contribution is -2.50. The van der Waals surface area contributed by atoms with Gasteiger partial charge in [0.25, 0.3) is 5.91 Å². The Hall–Kier alpha value is -2.70. The van der Waals surface area contributed by atoms with Gasteiger partial charge in [0.1, 0.15) is 0 Å². The van der Waals surface area contributed by atoms with Gasteiger partial charge in [0, 0.05) is 25.4 Å². The second kappa shape index (κ2) is 8.35. The van der Waals surface area contributed by atoms with Gasteiger partial charge in [-0.1, -0.05) is 18.9 Å². The summed E-state index contributed by atoms with van der Waals surface area (Å²) in [6, 6.07) is 6.51. The van der Waals surface area contributed by atoms with Crippen molar-refractivity contribution >= 4 is 29.4 Å². The van der Waals surface area contributed by atoms with E-state index in [4.69, 9.17) is 4.74 Å². The van der Waals surface area contributed by atoms with Crippen LogP contribution in [0.15, 0.2) is 24.3 Å². The second-order valence-electron chi connectivity index (χ2n) is 8.09. The molecule has 7 nitrogen and oxygen atoms in total. The molecule has 3 fully saturated rings. The first-order valence-electron chi connectivity index (χ1n) is 10.5. The number of rotatable bonds is 4. The van der Waals surface area contributed by atoms with Crippen molar-refractivity contribution in [3.05, 3.63) is 29.8 Å². The van der Waals surface area contributed by atoms with E-state index in [2.05, 4.69) is 0 Å². The lowest BCUT2D eigenvalue weighted by molar-refractivity contribution is -0.140. The van der Waals surface area contributed by atoms with Crippen LogP contribution in [0.5, 0.6) is 0 Å². The van der Waals surface area contributed by atoms with Crippen molar-refractivity contribution in [3.63, 3.8) is 0 Å².